The maximum absolute atomic E-state index is 12.9. The number of carbonyl (C=O) groups is 1. The Morgan fingerprint density at radius 1 is 1.36 bits per heavy atom. The van der Waals surface area contributed by atoms with E-state index in [2.05, 4.69) is 15.7 Å². The van der Waals surface area contributed by atoms with Gasteiger partial charge in [0.15, 0.2) is 5.69 Å². The standard InChI is InChI=1S/C15H17FN4O.ClH/c16-11-3-5-13(6-4-11)20-9-7-14(19-20)15(21)18-10-12-2-1-8-17-12;/h3-7,9,12,17H,1-2,8,10H2,(H,18,21);1H. The van der Waals surface area contributed by atoms with E-state index >= 15 is 0 Å². The smallest absolute Gasteiger partial charge is 0.271 e. The molecular formula is C15H18ClFN4O. The summed E-state index contributed by atoms with van der Waals surface area (Å²) in [6.45, 7) is 1.63. The summed E-state index contributed by atoms with van der Waals surface area (Å²) in [5.41, 5.74) is 1.07. The van der Waals surface area contributed by atoms with Gasteiger partial charge in [0.1, 0.15) is 5.82 Å². The fraction of sp³-hybridized carbons (Fsp3) is 0.333. The molecular weight excluding hydrogens is 307 g/mol. The average Bonchev–Trinajstić information content (AvgIpc) is 3.17. The lowest BCUT2D eigenvalue weighted by atomic mass is 10.2. The SMILES string of the molecule is Cl.O=C(NCC1CCCN1)c1ccn(-c2ccc(F)cc2)n1. The second-order valence-electron chi connectivity index (χ2n) is 5.13. The van der Waals surface area contributed by atoms with Crippen LogP contribution in [0.25, 0.3) is 5.69 Å². The Morgan fingerprint density at radius 2 is 2.14 bits per heavy atom. The molecule has 2 heterocycles. The molecule has 0 saturated carbocycles. The third-order valence-corrected chi connectivity index (χ3v) is 3.58. The molecule has 3 rings (SSSR count). The number of hydrogen-bond donors (Lipinski definition) is 2. The van der Waals surface area contributed by atoms with Crippen molar-refractivity contribution in [2.24, 2.45) is 0 Å². The summed E-state index contributed by atoms with van der Waals surface area (Å²) in [5, 5.41) is 10.4. The number of hydrogen-bond acceptors (Lipinski definition) is 3. The van der Waals surface area contributed by atoms with Crippen LogP contribution in [-0.4, -0.2) is 34.8 Å². The number of halogens is 2. The monoisotopic (exact) mass is 324 g/mol. The van der Waals surface area contributed by atoms with Crippen LogP contribution >= 0.6 is 12.4 Å². The predicted octanol–water partition coefficient (Wildman–Crippen LogP) is 1.91. The first-order chi connectivity index (χ1) is 10.2. The molecule has 1 amide bonds. The molecule has 0 bridgehead atoms. The van der Waals surface area contributed by atoms with Crippen LogP contribution in [0.4, 0.5) is 4.39 Å². The van der Waals surface area contributed by atoms with Gasteiger partial charge in [-0.3, -0.25) is 4.79 Å². The normalized spacial score (nSPS) is 17.0. The second kappa shape index (κ2) is 7.38. The molecule has 1 aliphatic rings. The molecule has 1 atom stereocenters. The topological polar surface area (TPSA) is 59.0 Å². The molecule has 2 aromatic rings. The molecule has 118 valence electrons. The van der Waals surface area contributed by atoms with Gasteiger partial charge in [-0.25, -0.2) is 9.07 Å². The summed E-state index contributed by atoms with van der Waals surface area (Å²) < 4.78 is 14.4. The number of benzene rings is 1. The first-order valence-electron chi connectivity index (χ1n) is 7.05. The van der Waals surface area contributed by atoms with Crippen molar-refractivity contribution in [3.05, 3.63) is 48.0 Å². The highest BCUT2D eigenvalue weighted by molar-refractivity contribution is 5.92. The quantitative estimate of drug-likeness (QED) is 0.903. The number of nitrogens with zero attached hydrogens (tertiary/aromatic N) is 2. The van der Waals surface area contributed by atoms with Crippen molar-refractivity contribution in [3.63, 3.8) is 0 Å². The van der Waals surface area contributed by atoms with Crippen LogP contribution < -0.4 is 10.6 Å². The van der Waals surface area contributed by atoms with Gasteiger partial charge in [-0.2, -0.15) is 5.10 Å². The molecule has 1 unspecified atom stereocenters. The number of rotatable bonds is 4. The van der Waals surface area contributed by atoms with E-state index in [-0.39, 0.29) is 24.1 Å². The zero-order valence-corrected chi connectivity index (χ0v) is 12.8. The third-order valence-electron chi connectivity index (χ3n) is 3.58. The Morgan fingerprint density at radius 3 is 2.82 bits per heavy atom. The largest absolute Gasteiger partial charge is 0.349 e. The molecule has 5 nitrogen and oxygen atoms in total. The molecule has 2 N–H and O–H groups in total. The highest BCUT2D eigenvalue weighted by Gasteiger charge is 2.16. The van der Waals surface area contributed by atoms with Crippen molar-refractivity contribution < 1.29 is 9.18 Å². The Labute approximate surface area is 134 Å². The molecule has 0 spiro atoms. The molecule has 22 heavy (non-hydrogen) atoms. The zero-order chi connectivity index (χ0) is 14.7. The fourth-order valence-corrected chi connectivity index (χ4v) is 2.42. The van der Waals surface area contributed by atoms with Gasteiger partial charge in [0.2, 0.25) is 0 Å². The van der Waals surface area contributed by atoms with E-state index in [1.54, 1.807) is 29.1 Å². The van der Waals surface area contributed by atoms with E-state index in [0.717, 1.165) is 19.4 Å². The van der Waals surface area contributed by atoms with Crippen LogP contribution in [0.3, 0.4) is 0 Å². The predicted molar refractivity (Wildman–Crippen MR) is 84.1 cm³/mol. The van der Waals surface area contributed by atoms with Gasteiger partial charge in [-0.15, -0.1) is 12.4 Å². The summed E-state index contributed by atoms with van der Waals surface area (Å²) in [6.07, 6.45) is 3.93. The average molecular weight is 325 g/mol. The lowest BCUT2D eigenvalue weighted by Gasteiger charge is -2.10. The lowest BCUT2D eigenvalue weighted by molar-refractivity contribution is 0.0945. The first kappa shape index (κ1) is 16.5. The molecule has 1 aromatic heterocycles. The van der Waals surface area contributed by atoms with E-state index in [9.17, 15) is 9.18 Å². The van der Waals surface area contributed by atoms with Gasteiger partial charge < -0.3 is 10.6 Å². The number of aromatic nitrogens is 2. The lowest BCUT2D eigenvalue weighted by Crippen LogP contribution is -2.37. The van der Waals surface area contributed by atoms with Crippen molar-refractivity contribution in [3.8, 4) is 5.69 Å². The molecule has 0 radical (unpaired) electrons. The van der Waals surface area contributed by atoms with E-state index in [1.165, 1.54) is 12.1 Å². The van der Waals surface area contributed by atoms with Crippen LogP contribution in [0, 0.1) is 5.82 Å². The Balaban J connectivity index is 0.00000176. The molecule has 0 aliphatic carbocycles. The molecule has 7 heteroatoms. The van der Waals surface area contributed by atoms with Gasteiger partial charge >= 0.3 is 0 Å². The Kier molecular flexibility index (Phi) is 5.51. The van der Waals surface area contributed by atoms with E-state index < -0.39 is 0 Å². The third kappa shape index (κ3) is 3.84. The van der Waals surface area contributed by atoms with Crippen molar-refractivity contribution in [1.82, 2.24) is 20.4 Å². The van der Waals surface area contributed by atoms with Crippen molar-refractivity contribution in [2.75, 3.05) is 13.1 Å². The van der Waals surface area contributed by atoms with Crippen molar-refractivity contribution >= 4 is 18.3 Å². The molecule has 1 saturated heterocycles. The summed E-state index contributed by atoms with van der Waals surface area (Å²) >= 11 is 0. The first-order valence-corrected chi connectivity index (χ1v) is 7.05. The molecule has 1 fully saturated rings. The van der Waals surface area contributed by atoms with E-state index in [0.29, 0.717) is 24.0 Å². The van der Waals surface area contributed by atoms with Gasteiger partial charge in [0.25, 0.3) is 5.91 Å². The molecule has 1 aromatic carbocycles. The van der Waals surface area contributed by atoms with Crippen LogP contribution in [0.5, 0.6) is 0 Å². The maximum Gasteiger partial charge on any atom is 0.271 e. The van der Waals surface area contributed by atoms with E-state index in [1.807, 2.05) is 0 Å². The highest BCUT2D eigenvalue weighted by atomic mass is 35.5. The van der Waals surface area contributed by atoms with Gasteiger partial charge in [0.05, 0.1) is 5.69 Å². The zero-order valence-electron chi connectivity index (χ0n) is 12.0. The minimum atomic E-state index is -0.298. The summed E-state index contributed by atoms with van der Waals surface area (Å²) in [5.74, 6) is -0.488. The number of amides is 1. The second-order valence-corrected chi connectivity index (χ2v) is 5.13. The van der Waals surface area contributed by atoms with Crippen LogP contribution in [-0.2, 0) is 0 Å². The maximum atomic E-state index is 12.9. The van der Waals surface area contributed by atoms with Crippen molar-refractivity contribution in [2.45, 2.75) is 18.9 Å². The minimum Gasteiger partial charge on any atom is -0.349 e. The van der Waals surface area contributed by atoms with Gasteiger partial charge in [-0.1, -0.05) is 0 Å². The van der Waals surface area contributed by atoms with Gasteiger partial charge in [-0.05, 0) is 49.7 Å². The number of carbonyl (C=O) groups excluding carboxylic acids is 1. The van der Waals surface area contributed by atoms with Crippen LogP contribution in [0.1, 0.15) is 23.3 Å². The van der Waals surface area contributed by atoms with Crippen molar-refractivity contribution in [1.29, 1.82) is 0 Å². The fourth-order valence-electron chi connectivity index (χ4n) is 2.42. The van der Waals surface area contributed by atoms with E-state index in [4.69, 9.17) is 0 Å². The number of nitrogens with one attached hydrogen (secondary N) is 2. The summed E-state index contributed by atoms with van der Waals surface area (Å²) in [7, 11) is 0. The highest BCUT2D eigenvalue weighted by Crippen LogP contribution is 2.09. The van der Waals surface area contributed by atoms with Crippen LogP contribution in [0.15, 0.2) is 36.5 Å². The van der Waals surface area contributed by atoms with Crippen LogP contribution in [0.2, 0.25) is 0 Å². The Bertz CT molecular complexity index is 623. The summed E-state index contributed by atoms with van der Waals surface area (Å²) in [6, 6.07) is 7.97. The molecule has 1 aliphatic heterocycles. The summed E-state index contributed by atoms with van der Waals surface area (Å²) in [4.78, 5) is 12.0. The minimum absolute atomic E-state index is 0. The van der Waals surface area contributed by atoms with Gasteiger partial charge in [0, 0.05) is 18.8 Å². The Hall–Kier alpha value is -1.92.